The van der Waals surface area contributed by atoms with Crippen molar-refractivity contribution >= 4 is 37.5 Å². The summed E-state index contributed by atoms with van der Waals surface area (Å²) in [6, 6.07) is 6.14. The van der Waals surface area contributed by atoms with E-state index in [4.69, 9.17) is 0 Å². The third-order valence-corrected chi connectivity index (χ3v) is 4.69. The number of anilines is 1. The Labute approximate surface area is 128 Å². The average molecular weight is 363 g/mol. The molecule has 0 fully saturated rings. The van der Waals surface area contributed by atoms with E-state index in [1.807, 2.05) is 0 Å². The first kappa shape index (κ1) is 17.1. The molecule has 0 aliphatic heterocycles. The second kappa shape index (κ2) is 8.39. The van der Waals surface area contributed by atoms with Crippen LogP contribution in [0.5, 0.6) is 0 Å². The number of halogens is 1. The van der Waals surface area contributed by atoms with Crippen molar-refractivity contribution in [2.75, 3.05) is 17.2 Å². The van der Waals surface area contributed by atoms with Gasteiger partial charge < -0.3 is 5.32 Å². The first-order valence-corrected chi connectivity index (χ1v) is 9.05. The van der Waals surface area contributed by atoms with Crippen molar-refractivity contribution in [1.29, 1.82) is 0 Å². The highest BCUT2D eigenvalue weighted by Crippen LogP contribution is 2.14. The molecule has 0 unspecified atom stereocenters. The van der Waals surface area contributed by atoms with E-state index in [1.54, 1.807) is 19.1 Å². The third kappa shape index (κ3) is 5.60. The Morgan fingerprint density at radius 2 is 1.85 bits per heavy atom. The van der Waals surface area contributed by atoms with Gasteiger partial charge in [0.2, 0.25) is 15.9 Å². The van der Waals surface area contributed by atoms with Gasteiger partial charge in [-0.15, -0.1) is 0 Å². The van der Waals surface area contributed by atoms with Gasteiger partial charge >= 0.3 is 0 Å². The van der Waals surface area contributed by atoms with E-state index in [-0.39, 0.29) is 10.8 Å². The molecule has 0 aromatic heterocycles. The van der Waals surface area contributed by atoms with Crippen LogP contribution in [0.15, 0.2) is 29.2 Å². The lowest BCUT2D eigenvalue weighted by molar-refractivity contribution is -0.116. The molecule has 0 atom stereocenters. The standard InChI is InChI=1S/C13H19BrN2O3S/c1-2-15-20(18,19)12-8-6-11(7-9-12)16-13(17)5-3-4-10-14/h6-9,15H,2-5,10H2,1H3,(H,16,17). The molecule has 1 aromatic rings. The zero-order valence-corrected chi connectivity index (χ0v) is 13.8. The van der Waals surface area contributed by atoms with Crippen LogP contribution >= 0.6 is 15.9 Å². The van der Waals surface area contributed by atoms with Crippen molar-refractivity contribution in [3.63, 3.8) is 0 Å². The predicted octanol–water partition coefficient (Wildman–Crippen LogP) is 2.49. The van der Waals surface area contributed by atoms with Crippen molar-refractivity contribution in [2.45, 2.75) is 31.1 Å². The van der Waals surface area contributed by atoms with Crippen LogP contribution in [0, 0.1) is 0 Å². The zero-order chi connectivity index (χ0) is 15.0. The van der Waals surface area contributed by atoms with E-state index >= 15 is 0 Å². The normalized spacial score (nSPS) is 11.3. The number of benzene rings is 1. The Morgan fingerprint density at radius 1 is 1.20 bits per heavy atom. The lowest BCUT2D eigenvalue weighted by Gasteiger charge is -2.07. The summed E-state index contributed by atoms with van der Waals surface area (Å²) in [5, 5.41) is 3.63. The van der Waals surface area contributed by atoms with E-state index in [1.165, 1.54) is 12.1 Å². The van der Waals surface area contributed by atoms with Crippen LogP contribution in [0.1, 0.15) is 26.2 Å². The fraction of sp³-hybridized carbons (Fsp3) is 0.462. The maximum atomic E-state index is 11.7. The molecule has 2 N–H and O–H groups in total. The van der Waals surface area contributed by atoms with Gasteiger partial charge in [-0.25, -0.2) is 13.1 Å². The highest BCUT2D eigenvalue weighted by molar-refractivity contribution is 9.09. The predicted molar refractivity (Wildman–Crippen MR) is 83.6 cm³/mol. The number of amides is 1. The minimum atomic E-state index is -3.44. The number of alkyl halides is 1. The van der Waals surface area contributed by atoms with E-state index in [2.05, 4.69) is 26.0 Å². The second-order valence-electron chi connectivity index (χ2n) is 4.22. The van der Waals surface area contributed by atoms with Gasteiger partial charge in [-0.1, -0.05) is 22.9 Å². The lowest BCUT2D eigenvalue weighted by atomic mass is 10.2. The van der Waals surface area contributed by atoms with Crippen LogP contribution in [0.3, 0.4) is 0 Å². The smallest absolute Gasteiger partial charge is 0.240 e. The monoisotopic (exact) mass is 362 g/mol. The van der Waals surface area contributed by atoms with E-state index in [9.17, 15) is 13.2 Å². The first-order valence-electron chi connectivity index (χ1n) is 6.45. The van der Waals surface area contributed by atoms with E-state index in [0.29, 0.717) is 18.7 Å². The van der Waals surface area contributed by atoms with E-state index in [0.717, 1.165) is 18.2 Å². The average Bonchev–Trinajstić information content (AvgIpc) is 2.39. The van der Waals surface area contributed by atoms with Gasteiger partial charge in [0.25, 0.3) is 0 Å². The molecule has 0 bridgehead atoms. The second-order valence-corrected chi connectivity index (χ2v) is 6.78. The third-order valence-electron chi connectivity index (χ3n) is 2.57. The number of carbonyl (C=O) groups is 1. The summed E-state index contributed by atoms with van der Waals surface area (Å²) in [5.74, 6) is -0.0618. The molecule has 0 aliphatic rings. The van der Waals surface area contributed by atoms with Crippen molar-refractivity contribution < 1.29 is 13.2 Å². The van der Waals surface area contributed by atoms with Gasteiger partial charge in [0, 0.05) is 24.0 Å². The van der Waals surface area contributed by atoms with Gasteiger partial charge in [0.05, 0.1) is 4.90 Å². The molecule has 1 amide bonds. The van der Waals surface area contributed by atoms with Crippen molar-refractivity contribution in [1.82, 2.24) is 4.72 Å². The van der Waals surface area contributed by atoms with Gasteiger partial charge in [0.1, 0.15) is 0 Å². The fourth-order valence-electron chi connectivity index (χ4n) is 1.59. The van der Waals surface area contributed by atoms with Gasteiger partial charge in [-0.05, 0) is 37.1 Å². The highest BCUT2D eigenvalue weighted by atomic mass is 79.9. The molecule has 20 heavy (non-hydrogen) atoms. The molecule has 5 nitrogen and oxygen atoms in total. The molecule has 0 saturated carbocycles. The van der Waals surface area contributed by atoms with Crippen LogP contribution < -0.4 is 10.0 Å². The van der Waals surface area contributed by atoms with Crippen LogP contribution in [0.25, 0.3) is 0 Å². The number of hydrogen-bond acceptors (Lipinski definition) is 3. The maximum Gasteiger partial charge on any atom is 0.240 e. The Morgan fingerprint density at radius 3 is 2.40 bits per heavy atom. The molecule has 0 radical (unpaired) electrons. The Hall–Kier alpha value is -0.920. The largest absolute Gasteiger partial charge is 0.326 e. The number of unbranched alkanes of at least 4 members (excludes halogenated alkanes) is 1. The molecule has 1 rings (SSSR count). The quantitative estimate of drug-likeness (QED) is 0.550. The summed E-state index contributed by atoms with van der Waals surface area (Å²) < 4.78 is 25.9. The van der Waals surface area contributed by atoms with Crippen molar-refractivity contribution in [3.8, 4) is 0 Å². The Balaban J connectivity index is 2.61. The minimum absolute atomic E-state index is 0.0618. The number of nitrogens with one attached hydrogen (secondary N) is 2. The van der Waals surface area contributed by atoms with Crippen LogP contribution in [0.4, 0.5) is 5.69 Å². The number of rotatable bonds is 8. The van der Waals surface area contributed by atoms with Crippen LogP contribution in [-0.4, -0.2) is 26.2 Å². The summed E-state index contributed by atoms with van der Waals surface area (Å²) in [7, 11) is -3.44. The molecule has 0 heterocycles. The fourth-order valence-corrected chi connectivity index (χ4v) is 3.03. The van der Waals surface area contributed by atoms with Crippen LogP contribution in [0.2, 0.25) is 0 Å². The lowest BCUT2D eigenvalue weighted by Crippen LogP contribution is -2.23. The van der Waals surface area contributed by atoms with Crippen LogP contribution in [-0.2, 0) is 14.8 Å². The molecule has 1 aromatic carbocycles. The molecule has 0 saturated heterocycles. The number of sulfonamides is 1. The molecule has 7 heteroatoms. The molecule has 112 valence electrons. The SMILES string of the molecule is CCNS(=O)(=O)c1ccc(NC(=O)CCCCBr)cc1. The van der Waals surface area contributed by atoms with Gasteiger partial charge in [-0.3, -0.25) is 4.79 Å². The minimum Gasteiger partial charge on any atom is -0.326 e. The molecular formula is C13H19BrN2O3S. The van der Waals surface area contributed by atoms with Crippen molar-refractivity contribution in [3.05, 3.63) is 24.3 Å². The summed E-state index contributed by atoms with van der Waals surface area (Å²) in [6.07, 6.45) is 2.24. The Bertz CT molecular complexity index is 529. The van der Waals surface area contributed by atoms with Crippen molar-refractivity contribution in [2.24, 2.45) is 0 Å². The molecule has 0 spiro atoms. The maximum absolute atomic E-state index is 11.7. The molecule has 0 aliphatic carbocycles. The zero-order valence-electron chi connectivity index (χ0n) is 11.4. The Kier molecular flexibility index (Phi) is 7.18. The topological polar surface area (TPSA) is 75.3 Å². The number of carbonyl (C=O) groups excluding carboxylic acids is 1. The summed E-state index contributed by atoms with van der Waals surface area (Å²) in [4.78, 5) is 11.8. The molecular weight excluding hydrogens is 344 g/mol. The van der Waals surface area contributed by atoms with E-state index < -0.39 is 10.0 Å². The van der Waals surface area contributed by atoms with Gasteiger partial charge in [0.15, 0.2) is 0 Å². The summed E-state index contributed by atoms with van der Waals surface area (Å²) in [5.41, 5.74) is 0.601. The van der Waals surface area contributed by atoms with Gasteiger partial charge in [-0.2, -0.15) is 0 Å². The summed E-state index contributed by atoms with van der Waals surface area (Å²) in [6.45, 7) is 2.06. The highest BCUT2D eigenvalue weighted by Gasteiger charge is 2.12. The number of hydrogen-bond donors (Lipinski definition) is 2. The summed E-state index contributed by atoms with van der Waals surface area (Å²) >= 11 is 3.31. The first-order chi connectivity index (χ1) is 9.49.